The van der Waals surface area contributed by atoms with Gasteiger partial charge in [0.05, 0.1) is 5.69 Å². The van der Waals surface area contributed by atoms with Crippen LogP contribution in [0, 0.1) is 6.92 Å². The Hall–Kier alpha value is -0.790. The zero-order valence-electron chi connectivity index (χ0n) is 5.13. The van der Waals surface area contributed by atoms with Crippen molar-refractivity contribution >= 4 is 0 Å². The molecule has 0 unspecified atom stereocenters. The highest BCUT2D eigenvalue weighted by atomic mass is 16.5. The van der Waals surface area contributed by atoms with Gasteiger partial charge in [-0.05, 0) is 19.8 Å². The van der Waals surface area contributed by atoms with Gasteiger partial charge >= 0.3 is 0 Å². The Bertz CT molecular complexity index is 212. The normalized spacial score (nSPS) is 18.3. The fourth-order valence-electron chi connectivity index (χ4n) is 0.888. The standard InChI is InChI=1S/C7H8NO/c1-5-4-7(9-8-5)6-2-3-6/h4,6H,1-3H2. The molecule has 0 N–H and O–H groups in total. The van der Waals surface area contributed by atoms with E-state index in [4.69, 9.17) is 4.52 Å². The fraction of sp³-hybridized carbons (Fsp3) is 0.429. The minimum absolute atomic E-state index is 0.660. The molecular weight excluding hydrogens is 114 g/mol. The lowest BCUT2D eigenvalue weighted by molar-refractivity contribution is 0.382. The number of hydrogen-bond acceptors (Lipinski definition) is 2. The number of aromatic nitrogens is 1. The Morgan fingerprint density at radius 1 is 1.67 bits per heavy atom. The van der Waals surface area contributed by atoms with Crippen molar-refractivity contribution in [2.24, 2.45) is 0 Å². The maximum Gasteiger partial charge on any atom is 0.140 e. The highest BCUT2D eigenvalue weighted by Crippen LogP contribution is 2.39. The maximum atomic E-state index is 4.98. The molecule has 0 atom stereocenters. The predicted octanol–water partition coefficient (Wildman–Crippen LogP) is 1.73. The third-order valence-corrected chi connectivity index (χ3v) is 1.56. The minimum atomic E-state index is 0.660. The van der Waals surface area contributed by atoms with Gasteiger partial charge in [-0.25, -0.2) is 0 Å². The van der Waals surface area contributed by atoms with Crippen molar-refractivity contribution in [3.05, 3.63) is 24.4 Å². The molecule has 1 fully saturated rings. The van der Waals surface area contributed by atoms with Gasteiger partial charge in [0.25, 0.3) is 0 Å². The molecule has 1 aromatic rings. The van der Waals surface area contributed by atoms with Gasteiger partial charge in [-0.3, -0.25) is 0 Å². The van der Waals surface area contributed by atoms with Crippen LogP contribution in [0.5, 0.6) is 0 Å². The summed E-state index contributed by atoms with van der Waals surface area (Å²) >= 11 is 0. The van der Waals surface area contributed by atoms with Crippen LogP contribution in [0.3, 0.4) is 0 Å². The molecule has 1 aromatic heterocycles. The molecule has 9 heavy (non-hydrogen) atoms. The molecule has 0 spiro atoms. The molecule has 1 heterocycles. The number of hydrogen-bond donors (Lipinski definition) is 0. The van der Waals surface area contributed by atoms with Gasteiger partial charge in [0.1, 0.15) is 5.76 Å². The zero-order chi connectivity index (χ0) is 6.27. The molecule has 1 saturated carbocycles. The van der Waals surface area contributed by atoms with Crippen LogP contribution in [0.1, 0.15) is 30.2 Å². The quantitative estimate of drug-likeness (QED) is 0.567. The first-order chi connectivity index (χ1) is 4.36. The molecule has 2 nitrogen and oxygen atoms in total. The molecule has 47 valence electrons. The molecule has 0 saturated heterocycles. The highest BCUT2D eigenvalue weighted by Gasteiger charge is 2.27. The summed E-state index contributed by atoms with van der Waals surface area (Å²) in [5.41, 5.74) is 0.747. The van der Waals surface area contributed by atoms with E-state index in [1.54, 1.807) is 0 Å². The van der Waals surface area contributed by atoms with E-state index in [0.29, 0.717) is 5.92 Å². The first-order valence-electron chi connectivity index (χ1n) is 3.15. The van der Waals surface area contributed by atoms with Crippen LogP contribution in [-0.2, 0) is 0 Å². The van der Waals surface area contributed by atoms with Crippen molar-refractivity contribution in [1.29, 1.82) is 0 Å². The molecule has 0 bridgehead atoms. The van der Waals surface area contributed by atoms with Crippen LogP contribution in [0.4, 0.5) is 0 Å². The van der Waals surface area contributed by atoms with Crippen molar-refractivity contribution in [3.8, 4) is 0 Å². The molecule has 1 radical (unpaired) electrons. The predicted molar refractivity (Wildman–Crippen MR) is 32.9 cm³/mol. The minimum Gasteiger partial charge on any atom is -0.361 e. The lowest BCUT2D eigenvalue weighted by Gasteiger charge is -1.80. The molecule has 0 aromatic carbocycles. The Morgan fingerprint density at radius 2 is 2.44 bits per heavy atom. The smallest absolute Gasteiger partial charge is 0.140 e. The third kappa shape index (κ3) is 0.846. The van der Waals surface area contributed by atoms with Gasteiger partial charge in [0.2, 0.25) is 0 Å². The Labute approximate surface area is 53.9 Å². The van der Waals surface area contributed by atoms with E-state index in [-0.39, 0.29) is 0 Å². The summed E-state index contributed by atoms with van der Waals surface area (Å²) in [5.74, 6) is 1.67. The molecule has 1 aliphatic carbocycles. The third-order valence-electron chi connectivity index (χ3n) is 1.56. The number of nitrogens with zero attached hydrogens (tertiary/aromatic N) is 1. The van der Waals surface area contributed by atoms with Crippen LogP contribution in [-0.4, -0.2) is 5.16 Å². The van der Waals surface area contributed by atoms with Crippen molar-refractivity contribution in [1.82, 2.24) is 5.16 Å². The van der Waals surface area contributed by atoms with E-state index in [1.165, 1.54) is 12.8 Å². The van der Waals surface area contributed by atoms with E-state index < -0.39 is 0 Å². The summed E-state index contributed by atoms with van der Waals surface area (Å²) in [6.07, 6.45) is 2.52. The van der Waals surface area contributed by atoms with Crippen LogP contribution in [0.15, 0.2) is 10.6 Å². The van der Waals surface area contributed by atoms with Crippen molar-refractivity contribution in [2.45, 2.75) is 18.8 Å². The Balaban J connectivity index is 2.28. The summed E-state index contributed by atoms with van der Waals surface area (Å²) in [4.78, 5) is 0. The van der Waals surface area contributed by atoms with Crippen molar-refractivity contribution in [3.63, 3.8) is 0 Å². The van der Waals surface area contributed by atoms with Crippen molar-refractivity contribution in [2.75, 3.05) is 0 Å². The zero-order valence-corrected chi connectivity index (χ0v) is 5.13. The number of rotatable bonds is 1. The molecular formula is C7H8NO. The molecule has 2 rings (SSSR count). The first kappa shape index (κ1) is 5.03. The van der Waals surface area contributed by atoms with Crippen LogP contribution >= 0.6 is 0 Å². The highest BCUT2D eigenvalue weighted by molar-refractivity contribution is 5.15. The SMILES string of the molecule is [CH2]c1cc(C2CC2)on1. The first-order valence-corrected chi connectivity index (χ1v) is 3.15. The lowest BCUT2D eigenvalue weighted by atomic mass is 10.3. The summed E-state index contributed by atoms with van der Waals surface area (Å²) in [5, 5.41) is 3.69. The molecule has 0 amide bonds. The Morgan fingerprint density at radius 3 is 2.89 bits per heavy atom. The molecule has 2 heteroatoms. The van der Waals surface area contributed by atoms with E-state index in [1.807, 2.05) is 6.07 Å². The average Bonchev–Trinajstić information content (AvgIpc) is 2.58. The second-order valence-electron chi connectivity index (χ2n) is 2.49. The summed E-state index contributed by atoms with van der Waals surface area (Å²) < 4.78 is 4.98. The topological polar surface area (TPSA) is 26.0 Å². The van der Waals surface area contributed by atoms with Gasteiger partial charge in [-0.2, -0.15) is 0 Å². The Kier molecular flexibility index (Phi) is 0.891. The van der Waals surface area contributed by atoms with E-state index >= 15 is 0 Å². The van der Waals surface area contributed by atoms with Gasteiger partial charge in [0.15, 0.2) is 0 Å². The van der Waals surface area contributed by atoms with Gasteiger partial charge in [-0.1, -0.05) is 5.16 Å². The van der Waals surface area contributed by atoms with Gasteiger partial charge in [-0.15, -0.1) is 0 Å². The van der Waals surface area contributed by atoms with Gasteiger partial charge < -0.3 is 4.52 Å². The average molecular weight is 122 g/mol. The van der Waals surface area contributed by atoms with E-state index in [0.717, 1.165) is 11.5 Å². The second-order valence-corrected chi connectivity index (χ2v) is 2.49. The summed E-state index contributed by atoms with van der Waals surface area (Å²) in [6, 6.07) is 1.91. The summed E-state index contributed by atoms with van der Waals surface area (Å²) in [7, 11) is 0. The maximum absolute atomic E-state index is 4.98. The molecule has 0 aliphatic heterocycles. The lowest BCUT2D eigenvalue weighted by Crippen LogP contribution is -1.67. The molecule has 1 aliphatic rings. The monoisotopic (exact) mass is 122 g/mol. The van der Waals surface area contributed by atoms with E-state index in [9.17, 15) is 0 Å². The second kappa shape index (κ2) is 1.59. The van der Waals surface area contributed by atoms with Crippen LogP contribution in [0.2, 0.25) is 0 Å². The summed E-state index contributed by atoms with van der Waals surface area (Å²) in [6.45, 7) is 3.65. The van der Waals surface area contributed by atoms with Crippen molar-refractivity contribution < 1.29 is 4.52 Å². The fourth-order valence-corrected chi connectivity index (χ4v) is 0.888. The van der Waals surface area contributed by atoms with E-state index in [2.05, 4.69) is 12.1 Å². The van der Waals surface area contributed by atoms with Crippen LogP contribution in [0.25, 0.3) is 0 Å². The largest absolute Gasteiger partial charge is 0.361 e. The van der Waals surface area contributed by atoms with Crippen LogP contribution < -0.4 is 0 Å². The van der Waals surface area contributed by atoms with Gasteiger partial charge in [0, 0.05) is 12.0 Å².